The fraction of sp³-hybridized carbons (Fsp3) is 0.308. The molecule has 0 aliphatic carbocycles. The van der Waals surface area contributed by atoms with Gasteiger partial charge in [-0.1, -0.05) is 42.5 Å². The minimum absolute atomic E-state index is 0.235. The Balaban J connectivity index is 1.29. The number of phenols is 1. The van der Waals surface area contributed by atoms with E-state index in [4.69, 9.17) is 4.98 Å². The van der Waals surface area contributed by atoms with Crippen molar-refractivity contribution in [3.63, 3.8) is 0 Å². The third-order valence-electron chi connectivity index (χ3n) is 6.56. The van der Waals surface area contributed by atoms with Crippen LogP contribution >= 0.6 is 0 Å². The molecule has 2 aromatic carbocycles. The minimum Gasteiger partial charge on any atom is -0.507 e. The number of benzene rings is 2. The number of hydrogen-bond acceptors (Lipinski definition) is 5. The first-order chi connectivity index (χ1) is 16.2. The first kappa shape index (κ1) is 21.5. The Labute approximate surface area is 195 Å². The summed E-state index contributed by atoms with van der Waals surface area (Å²) >= 11 is 0. The zero-order valence-electron chi connectivity index (χ0n) is 19.1. The van der Waals surface area contributed by atoms with Crippen LogP contribution in [0.2, 0.25) is 0 Å². The summed E-state index contributed by atoms with van der Waals surface area (Å²) in [6.07, 6.45) is 5.40. The largest absolute Gasteiger partial charge is 0.507 e. The van der Waals surface area contributed by atoms with Gasteiger partial charge < -0.3 is 15.3 Å². The average Bonchev–Trinajstić information content (AvgIpc) is 3.23. The second kappa shape index (κ2) is 9.67. The predicted octanol–water partition coefficient (Wildman–Crippen LogP) is 2.73. The summed E-state index contributed by atoms with van der Waals surface area (Å²) in [7, 11) is 2.01. The molecular weight excluding hydrogens is 409 g/mol. The third-order valence-corrected chi connectivity index (χ3v) is 6.56. The van der Waals surface area contributed by atoms with Gasteiger partial charge in [0.15, 0.2) is 5.65 Å². The number of nitrogens with one attached hydrogen (secondary N) is 1. The van der Waals surface area contributed by atoms with E-state index in [9.17, 15) is 5.11 Å². The van der Waals surface area contributed by atoms with E-state index >= 15 is 0 Å². The van der Waals surface area contributed by atoms with E-state index in [1.165, 1.54) is 24.9 Å². The smallest absolute Gasteiger partial charge is 0.151 e. The second-order valence-corrected chi connectivity index (χ2v) is 9.03. The number of hydrogen-bond donors (Lipinski definition) is 2. The Kier molecular flexibility index (Phi) is 6.31. The number of fused-ring (bicyclic) bond motifs is 1. The molecule has 0 amide bonds. The van der Waals surface area contributed by atoms with Crippen molar-refractivity contribution in [2.45, 2.75) is 19.3 Å². The Bertz CT molecular complexity index is 1230. The van der Waals surface area contributed by atoms with Crippen molar-refractivity contribution in [2.24, 2.45) is 5.92 Å². The number of phenolic OH excluding ortho intramolecular Hbond substituents is 1. The van der Waals surface area contributed by atoms with Crippen LogP contribution in [0.15, 0.2) is 66.9 Å². The molecule has 0 bridgehead atoms. The fourth-order valence-electron chi connectivity index (χ4n) is 4.73. The highest BCUT2D eigenvalue weighted by Gasteiger charge is 2.20. The van der Waals surface area contributed by atoms with Crippen LogP contribution in [-0.2, 0) is 6.42 Å². The molecule has 4 aromatic rings. The predicted molar refractivity (Wildman–Crippen MR) is 136 cm³/mol. The molecule has 1 fully saturated rings. The molecule has 2 N–H and O–H groups in total. The van der Waals surface area contributed by atoms with Crippen LogP contribution in [0.4, 0.5) is 5.82 Å². The van der Waals surface area contributed by atoms with E-state index in [0.29, 0.717) is 5.92 Å². The lowest BCUT2D eigenvalue weighted by atomic mass is 9.97. The fourth-order valence-corrected chi connectivity index (χ4v) is 4.73. The van der Waals surface area contributed by atoms with Gasteiger partial charge in [-0.25, -0.2) is 4.98 Å². The van der Waals surface area contributed by atoms with Gasteiger partial charge in [0.05, 0.1) is 5.69 Å². The number of anilines is 1. The Morgan fingerprint density at radius 2 is 1.91 bits per heavy atom. The van der Waals surface area contributed by atoms with Gasteiger partial charge in [0, 0.05) is 37.5 Å². The zero-order valence-corrected chi connectivity index (χ0v) is 19.1. The van der Waals surface area contributed by atoms with E-state index in [-0.39, 0.29) is 5.75 Å². The first-order valence-electron chi connectivity index (χ1n) is 11.8. The Morgan fingerprint density at radius 1 is 1.09 bits per heavy atom. The SMILES string of the molecule is Bc1cnn2c(NCC3CCCN(CCc4ccccc4)C3)cc(-c3ccccc3O)nc12. The standard InChI is InChI=1S/C26H30BN5O/c27-22-17-29-32-25(15-23(30-26(22)32)21-10-4-5-11-24(21)33)28-16-20-9-6-13-31(18-20)14-12-19-7-2-1-3-8-19/h1-5,7-8,10-11,15,17,20,28,33H,6,9,12-14,16,18,27H2. The van der Waals surface area contributed by atoms with E-state index in [1.54, 1.807) is 6.07 Å². The number of aromatic nitrogens is 3. The van der Waals surface area contributed by atoms with Gasteiger partial charge in [-0.05, 0) is 54.9 Å². The highest BCUT2D eigenvalue weighted by molar-refractivity contribution is 6.36. The van der Waals surface area contributed by atoms with Gasteiger partial charge in [-0.3, -0.25) is 0 Å². The van der Waals surface area contributed by atoms with Crippen molar-refractivity contribution < 1.29 is 5.11 Å². The normalized spacial score (nSPS) is 16.8. The van der Waals surface area contributed by atoms with E-state index in [0.717, 1.165) is 54.2 Å². The molecule has 3 heterocycles. The van der Waals surface area contributed by atoms with Crippen LogP contribution in [0.3, 0.4) is 0 Å². The summed E-state index contributed by atoms with van der Waals surface area (Å²) in [6.45, 7) is 4.28. The molecule has 6 nitrogen and oxygen atoms in total. The number of piperidine rings is 1. The number of aromatic hydroxyl groups is 1. The number of para-hydroxylation sites is 1. The Morgan fingerprint density at radius 3 is 2.76 bits per heavy atom. The molecule has 0 radical (unpaired) electrons. The van der Waals surface area contributed by atoms with Crippen LogP contribution in [-0.4, -0.2) is 58.6 Å². The third kappa shape index (κ3) is 4.88. The van der Waals surface area contributed by atoms with E-state index < -0.39 is 0 Å². The minimum atomic E-state index is 0.235. The number of likely N-dealkylation sites (tertiary alicyclic amines) is 1. The quantitative estimate of drug-likeness (QED) is 0.434. The maximum atomic E-state index is 10.4. The Hall–Kier alpha value is -3.32. The first-order valence-corrected chi connectivity index (χ1v) is 11.8. The molecule has 5 rings (SSSR count). The van der Waals surface area contributed by atoms with Crippen molar-refractivity contribution in [2.75, 3.05) is 31.5 Å². The summed E-state index contributed by atoms with van der Waals surface area (Å²) in [5.74, 6) is 1.73. The van der Waals surface area contributed by atoms with Gasteiger partial charge in [0.1, 0.15) is 19.4 Å². The zero-order chi connectivity index (χ0) is 22.6. The lowest BCUT2D eigenvalue weighted by molar-refractivity contribution is 0.182. The molecule has 33 heavy (non-hydrogen) atoms. The molecule has 1 saturated heterocycles. The lowest BCUT2D eigenvalue weighted by Crippen LogP contribution is -2.39. The van der Waals surface area contributed by atoms with Gasteiger partial charge in [0.25, 0.3) is 0 Å². The van der Waals surface area contributed by atoms with Crippen molar-refractivity contribution in [1.82, 2.24) is 19.5 Å². The van der Waals surface area contributed by atoms with E-state index in [1.807, 2.05) is 42.8 Å². The summed E-state index contributed by atoms with van der Waals surface area (Å²) in [6, 6.07) is 20.1. The van der Waals surface area contributed by atoms with Gasteiger partial charge in [-0.2, -0.15) is 9.61 Å². The van der Waals surface area contributed by atoms with Crippen molar-refractivity contribution in [3.8, 4) is 17.0 Å². The van der Waals surface area contributed by atoms with Crippen LogP contribution in [0, 0.1) is 5.92 Å². The molecule has 1 aliphatic heterocycles. The summed E-state index contributed by atoms with van der Waals surface area (Å²) in [5, 5.41) is 18.5. The second-order valence-electron chi connectivity index (χ2n) is 9.03. The van der Waals surface area contributed by atoms with Gasteiger partial charge in [-0.15, -0.1) is 0 Å². The average molecular weight is 439 g/mol. The van der Waals surface area contributed by atoms with Crippen molar-refractivity contribution >= 4 is 24.8 Å². The molecule has 1 unspecified atom stereocenters. The summed E-state index contributed by atoms with van der Waals surface area (Å²) in [5.41, 5.74) is 4.71. The number of nitrogens with zero attached hydrogens (tertiary/aromatic N) is 4. The molecule has 1 aliphatic rings. The molecule has 7 heteroatoms. The maximum Gasteiger partial charge on any atom is 0.151 e. The van der Waals surface area contributed by atoms with Gasteiger partial charge in [0.2, 0.25) is 0 Å². The van der Waals surface area contributed by atoms with Crippen molar-refractivity contribution in [3.05, 3.63) is 72.4 Å². The monoisotopic (exact) mass is 439 g/mol. The summed E-state index contributed by atoms with van der Waals surface area (Å²) in [4.78, 5) is 7.37. The van der Waals surface area contributed by atoms with Crippen LogP contribution < -0.4 is 10.8 Å². The highest BCUT2D eigenvalue weighted by Crippen LogP contribution is 2.29. The highest BCUT2D eigenvalue weighted by atomic mass is 16.3. The van der Waals surface area contributed by atoms with Gasteiger partial charge >= 0.3 is 0 Å². The number of rotatable bonds is 7. The molecule has 2 aromatic heterocycles. The molecule has 1 atom stereocenters. The molecular formula is C26H30BN5O. The van der Waals surface area contributed by atoms with Crippen LogP contribution in [0.5, 0.6) is 5.75 Å². The molecule has 0 spiro atoms. The molecule has 0 saturated carbocycles. The van der Waals surface area contributed by atoms with Crippen LogP contribution in [0.25, 0.3) is 16.9 Å². The lowest BCUT2D eigenvalue weighted by Gasteiger charge is -2.33. The van der Waals surface area contributed by atoms with Crippen LogP contribution in [0.1, 0.15) is 18.4 Å². The summed E-state index contributed by atoms with van der Waals surface area (Å²) < 4.78 is 1.87. The maximum absolute atomic E-state index is 10.4. The van der Waals surface area contributed by atoms with E-state index in [2.05, 4.69) is 45.6 Å². The van der Waals surface area contributed by atoms with Crippen molar-refractivity contribution in [1.29, 1.82) is 0 Å². The molecule has 168 valence electrons. The topological polar surface area (TPSA) is 65.7 Å².